The summed E-state index contributed by atoms with van der Waals surface area (Å²) in [7, 11) is 1.59. The minimum absolute atomic E-state index is 0.256. The second-order valence-electron chi connectivity index (χ2n) is 6.12. The maximum Gasteiger partial charge on any atom is 0.248 e. The third kappa shape index (κ3) is 6.11. The standard InChI is InChI=1S/C23H19BrClNO3/c1-28-21-4-2-3-17(23(21)29-15-16-5-8-18(24)9-6-16)7-14-22(27)26-20-12-10-19(25)11-13-20/h2-14H,15H2,1H3,(H,26,27)/b14-7+. The van der Waals surface area contributed by atoms with Gasteiger partial charge in [0.25, 0.3) is 0 Å². The van der Waals surface area contributed by atoms with Crippen LogP contribution in [-0.2, 0) is 11.4 Å². The van der Waals surface area contributed by atoms with Crippen molar-refractivity contribution in [1.29, 1.82) is 0 Å². The molecule has 0 aliphatic rings. The highest BCUT2D eigenvalue weighted by Gasteiger charge is 2.10. The van der Waals surface area contributed by atoms with Crippen LogP contribution in [0, 0.1) is 0 Å². The van der Waals surface area contributed by atoms with E-state index < -0.39 is 0 Å². The summed E-state index contributed by atoms with van der Waals surface area (Å²) in [6.07, 6.45) is 3.15. The fourth-order valence-corrected chi connectivity index (χ4v) is 2.99. The van der Waals surface area contributed by atoms with E-state index >= 15 is 0 Å². The lowest BCUT2D eigenvalue weighted by atomic mass is 10.1. The lowest BCUT2D eigenvalue weighted by molar-refractivity contribution is -0.111. The Kier molecular flexibility index (Phi) is 7.33. The monoisotopic (exact) mass is 471 g/mol. The number of amides is 1. The summed E-state index contributed by atoms with van der Waals surface area (Å²) in [6, 6.07) is 20.3. The zero-order valence-corrected chi connectivity index (χ0v) is 18.0. The first-order valence-electron chi connectivity index (χ1n) is 8.84. The van der Waals surface area contributed by atoms with Crippen LogP contribution in [0.2, 0.25) is 5.02 Å². The van der Waals surface area contributed by atoms with Crippen molar-refractivity contribution in [2.45, 2.75) is 6.61 Å². The van der Waals surface area contributed by atoms with Crippen LogP contribution in [0.5, 0.6) is 11.5 Å². The number of ether oxygens (including phenoxy) is 2. The molecular weight excluding hydrogens is 454 g/mol. The number of methoxy groups -OCH3 is 1. The first-order valence-corrected chi connectivity index (χ1v) is 10.0. The summed E-state index contributed by atoms with van der Waals surface area (Å²) in [6.45, 7) is 0.380. The number of hydrogen-bond donors (Lipinski definition) is 1. The van der Waals surface area contributed by atoms with E-state index in [-0.39, 0.29) is 5.91 Å². The van der Waals surface area contributed by atoms with Crippen LogP contribution in [0.1, 0.15) is 11.1 Å². The predicted octanol–water partition coefficient (Wildman–Crippen LogP) is 6.34. The number of hydrogen-bond acceptors (Lipinski definition) is 3. The number of nitrogens with one attached hydrogen (secondary N) is 1. The van der Waals surface area contributed by atoms with Crippen molar-refractivity contribution < 1.29 is 14.3 Å². The van der Waals surface area contributed by atoms with E-state index in [0.717, 1.165) is 15.6 Å². The number of rotatable bonds is 7. The normalized spacial score (nSPS) is 10.7. The van der Waals surface area contributed by atoms with Gasteiger partial charge in [0.2, 0.25) is 5.91 Å². The molecule has 0 heterocycles. The number of benzene rings is 3. The Morgan fingerprint density at radius 2 is 1.79 bits per heavy atom. The van der Waals surface area contributed by atoms with Gasteiger partial charge in [0, 0.05) is 26.8 Å². The van der Waals surface area contributed by atoms with Gasteiger partial charge in [-0.05, 0) is 54.1 Å². The zero-order chi connectivity index (χ0) is 20.6. The molecule has 3 aromatic rings. The Labute approximate surface area is 183 Å². The van der Waals surface area contributed by atoms with Crippen LogP contribution in [-0.4, -0.2) is 13.0 Å². The first kappa shape index (κ1) is 21.0. The third-order valence-corrected chi connectivity index (χ3v) is 4.83. The number of anilines is 1. The summed E-state index contributed by atoms with van der Waals surface area (Å²) >= 11 is 9.28. The van der Waals surface area contributed by atoms with Crippen molar-refractivity contribution in [1.82, 2.24) is 0 Å². The molecule has 1 amide bonds. The fraction of sp³-hybridized carbons (Fsp3) is 0.0870. The van der Waals surface area contributed by atoms with Gasteiger partial charge in [0.15, 0.2) is 11.5 Å². The van der Waals surface area contributed by atoms with Gasteiger partial charge in [-0.3, -0.25) is 4.79 Å². The van der Waals surface area contributed by atoms with E-state index in [4.69, 9.17) is 21.1 Å². The number of carbonyl (C=O) groups excluding carboxylic acids is 1. The van der Waals surface area contributed by atoms with Crippen molar-refractivity contribution in [2.24, 2.45) is 0 Å². The average molecular weight is 473 g/mol. The quantitative estimate of drug-likeness (QED) is 0.408. The van der Waals surface area contributed by atoms with Crippen molar-refractivity contribution in [3.63, 3.8) is 0 Å². The Morgan fingerprint density at radius 1 is 1.07 bits per heavy atom. The molecule has 0 saturated heterocycles. The molecule has 0 aliphatic heterocycles. The minimum Gasteiger partial charge on any atom is -0.493 e. The van der Waals surface area contributed by atoms with E-state index in [9.17, 15) is 4.79 Å². The van der Waals surface area contributed by atoms with Gasteiger partial charge in [0.1, 0.15) is 6.61 Å². The molecular formula is C23H19BrClNO3. The van der Waals surface area contributed by atoms with E-state index in [1.165, 1.54) is 6.08 Å². The summed E-state index contributed by atoms with van der Waals surface area (Å²) in [4.78, 5) is 12.2. The number of carbonyl (C=O) groups is 1. The molecule has 4 nitrogen and oxygen atoms in total. The summed E-state index contributed by atoms with van der Waals surface area (Å²) < 4.78 is 12.4. The van der Waals surface area contributed by atoms with Gasteiger partial charge in [-0.2, -0.15) is 0 Å². The smallest absolute Gasteiger partial charge is 0.248 e. The van der Waals surface area contributed by atoms with Gasteiger partial charge in [-0.1, -0.05) is 51.8 Å². The SMILES string of the molecule is COc1cccc(/C=C/C(=O)Nc2ccc(Cl)cc2)c1OCc1ccc(Br)cc1. The van der Waals surface area contributed by atoms with Crippen molar-refractivity contribution in [2.75, 3.05) is 12.4 Å². The molecule has 3 aromatic carbocycles. The van der Waals surface area contributed by atoms with Gasteiger partial charge < -0.3 is 14.8 Å². The van der Waals surface area contributed by atoms with E-state index in [1.54, 1.807) is 37.5 Å². The van der Waals surface area contributed by atoms with Gasteiger partial charge in [0.05, 0.1) is 7.11 Å². The van der Waals surface area contributed by atoms with Crippen LogP contribution in [0.4, 0.5) is 5.69 Å². The molecule has 29 heavy (non-hydrogen) atoms. The molecule has 0 fully saturated rings. The molecule has 0 radical (unpaired) electrons. The maximum atomic E-state index is 12.2. The molecule has 0 unspecified atom stereocenters. The molecule has 0 atom stereocenters. The molecule has 0 spiro atoms. The second kappa shape index (κ2) is 10.1. The van der Waals surface area contributed by atoms with Gasteiger partial charge in [-0.15, -0.1) is 0 Å². The summed E-state index contributed by atoms with van der Waals surface area (Å²) in [5.74, 6) is 0.921. The van der Waals surface area contributed by atoms with Crippen LogP contribution < -0.4 is 14.8 Å². The highest BCUT2D eigenvalue weighted by molar-refractivity contribution is 9.10. The van der Waals surface area contributed by atoms with Crippen LogP contribution in [0.15, 0.2) is 77.3 Å². The first-order chi connectivity index (χ1) is 14.0. The molecule has 3 rings (SSSR count). The van der Waals surface area contributed by atoms with Crippen LogP contribution in [0.25, 0.3) is 6.08 Å². The van der Waals surface area contributed by atoms with E-state index in [2.05, 4.69) is 21.2 Å². The largest absolute Gasteiger partial charge is 0.493 e. The predicted molar refractivity (Wildman–Crippen MR) is 121 cm³/mol. The fourth-order valence-electron chi connectivity index (χ4n) is 2.60. The highest BCUT2D eigenvalue weighted by atomic mass is 79.9. The Balaban J connectivity index is 1.73. The van der Waals surface area contributed by atoms with Crippen molar-refractivity contribution in [3.05, 3.63) is 93.4 Å². The molecule has 1 N–H and O–H groups in total. The maximum absolute atomic E-state index is 12.2. The van der Waals surface area contributed by atoms with Crippen LogP contribution >= 0.6 is 27.5 Å². The van der Waals surface area contributed by atoms with Gasteiger partial charge in [-0.25, -0.2) is 0 Å². The molecule has 0 aliphatic carbocycles. The summed E-state index contributed by atoms with van der Waals surface area (Å²) in [5, 5.41) is 3.40. The third-order valence-electron chi connectivity index (χ3n) is 4.05. The van der Waals surface area contributed by atoms with Crippen LogP contribution in [0.3, 0.4) is 0 Å². The molecule has 148 valence electrons. The van der Waals surface area contributed by atoms with Gasteiger partial charge >= 0.3 is 0 Å². The second-order valence-corrected chi connectivity index (χ2v) is 7.48. The minimum atomic E-state index is -0.256. The Hall–Kier alpha value is -2.76. The summed E-state index contributed by atoms with van der Waals surface area (Å²) in [5.41, 5.74) is 2.43. The molecule has 0 aromatic heterocycles. The molecule has 0 saturated carbocycles. The topological polar surface area (TPSA) is 47.6 Å². The molecule has 0 bridgehead atoms. The lowest BCUT2D eigenvalue weighted by Crippen LogP contribution is -2.07. The Bertz CT molecular complexity index is 1000. The Morgan fingerprint density at radius 3 is 2.48 bits per heavy atom. The highest BCUT2D eigenvalue weighted by Crippen LogP contribution is 2.33. The number of para-hydroxylation sites is 1. The van der Waals surface area contributed by atoms with E-state index in [1.807, 2.05) is 42.5 Å². The lowest BCUT2D eigenvalue weighted by Gasteiger charge is -2.13. The van der Waals surface area contributed by atoms with Crippen molar-refractivity contribution >= 4 is 45.2 Å². The average Bonchev–Trinajstić information content (AvgIpc) is 2.73. The van der Waals surface area contributed by atoms with Crippen molar-refractivity contribution in [3.8, 4) is 11.5 Å². The van der Waals surface area contributed by atoms with E-state index in [0.29, 0.717) is 28.8 Å². The zero-order valence-electron chi connectivity index (χ0n) is 15.7. The molecule has 6 heteroatoms. The number of halogens is 2.